The number of aromatic nitrogens is 3. The summed E-state index contributed by atoms with van der Waals surface area (Å²) in [5.41, 5.74) is 0. The van der Waals surface area contributed by atoms with Gasteiger partial charge in [0.15, 0.2) is 5.82 Å². The van der Waals surface area contributed by atoms with Crippen molar-refractivity contribution in [2.75, 3.05) is 5.75 Å². The lowest BCUT2D eigenvalue weighted by Crippen LogP contribution is -2.07. The number of aromatic amines is 1. The van der Waals surface area contributed by atoms with Crippen molar-refractivity contribution in [2.45, 2.75) is 62.5 Å². The van der Waals surface area contributed by atoms with Crippen molar-refractivity contribution < 1.29 is 0 Å². The van der Waals surface area contributed by atoms with Crippen LogP contribution in [0.25, 0.3) is 0 Å². The quantitative estimate of drug-likeness (QED) is 0.869. The largest absolute Gasteiger partial charge is 0.262 e. The third-order valence-corrected chi connectivity index (χ3v) is 5.36. The minimum atomic E-state index is 0.577. The second kappa shape index (κ2) is 5.42. The molecule has 3 rings (SSSR count). The van der Waals surface area contributed by atoms with Gasteiger partial charge in [0.25, 0.3) is 0 Å². The van der Waals surface area contributed by atoms with Crippen LogP contribution in [-0.4, -0.2) is 20.9 Å². The van der Waals surface area contributed by atoms with Crippen LogP contribution < -0.4 is 0 Å². The van der Waals surface area contributed by atoms with Crippen molar-refractivity contribution in [3.8, 4) is 0 Å². The van der Waals surface area contributed by atoms with E-state index in [0.29, 0.717) is 11.2 Å². The molecule has 1 aliphatic heterocycles. The third kappa shape index (κ3) is 2.67. The zero-order valence-electron chi connectivity index (χ0n) is 10.3. The molecule has 17 heavy (non-hydrogen) atoms. The maximum absolute atomic E-state index is 4.77. The molecule has 1 saturated heterocycles. The molecule has 3 nitrogen and oxygen atoms in total. The number of nitrogens with one attached hydrogen (secondary N) is 1. The topological polar surface area (TPSA) is 41.6 Å². The Bertz CT molecular complexity index is 319. The van der Waals surface area contributed by atoms with Gasteiger partial charge in [0.05, 0.1) is 5.25 Å². The van der Waals surface area contributed by atoms with Gasteiger partial charge >= 0.3 is 0 Å². The molecule has 1 aromatic rings. The second-order valence-corrected chi connectivity index (χ2v) is 6.58. The van der Waals surface area contributed by atoms with Crippen molar-refractivity contribution in [2.24, 2.45) is 0 Å². The molecule has 1 N–H and O–H groups in total. The lowest BCUT2D eigenvalue weighted by molar-refractivity contribution is 0.429. The first-order valence-corrected chi connectivity index (χ1v) is 8.02. The van der Waals surface area contributed by atoms with Crippen LogP contribution in [0.2, 0.25) is 0 Å². The van der Waals surface area contributed by atoms with E-state index in [2.05, 4.69) is 10.2 Å². The van der Waals surface area contributed by atoms with Gasteiger partial charge in [0.2, 0.25) is 0 Å². The van der Waals surface area contributed by atoms with E-state index in [0.717, 1.165) is 11.6 Å². The number of thioether (sulfide) groups is 1. The fraction of sp³-hybridized carbons (Fsp3) is 0.846. The van der Waals surface area contributed by atoms with E-state index in [-0.39, 0.29) is 0 Å². The zero-order chi connectivity index (χ0) is 11.5. The van der Waals surface area contributed by atoms with Gasteiger partial charge in [-0.3, -0.25) is 5.10 Å². The monoisotopic (exact) mass is 251 g/mol. The van der Waals surface area contributed by atoms with Gasteiger partial charge < -0.3 is 0 Å². The van der Waals surface area contributed by atoms with Crippen LogP contribution in [-0.2, 0) is 0 Å². The fourth-order valence-electron chi connectivity index (χ4n) is 2.93. The van der Waals surface area contributed by atoms with Crippen LogP contribution in [0, 0.1) is 0 Å². The van der Waals surface area contributed by atoms with Gasteiger partial charge in [0.1, 0.15) is 5.82 Å². The van der Waals surface area contributed by atoms with E-state index >= 15 is 0 Å². The Kier molecular flexibility index (Phi) is 3.69. The maximum Gasteiger partial charge on any atom is 0.153 e. The van der Waals surface area contributed by atoms with E-state index in [1.165, 1.54) is 57.1 Å². The first-order valence-electron chi connectivity index (χ1n) is 6.97. The van der Waals surface area contributed by atoms with Crippen molar-refractivity contribution in [1.29, 1.82) is 0 Å². The summed E-state index contributed by atoms with van der Waals surface area (Å²) >= 11 is 2.04. The van der Waals surface area contributed by atoms with Crippen molar-refractivity contribution in [3.63, 3.8) is 0 Å². The molecule has 2 heterocycles. The van der Waals surface area contributed by atoms with Crippen molar-refractivity contribution in [3.05, 3.63) is 11.6 Å². The van der Waals surface area contributed by atoms with E-state index in [9.17, 15) is 0 Å². The highest BCUT2D eigenvalue weighted by Crippen LogP contribution is 2.37. The van der Waals surface area contributed by atoms with E-state index < -0.39 is 0 Å². The number of H-pyrrole nitrogens is 1. The molecule has 94 valence electrons. The Balaban J connectivity index is 1.68. The van der Waals surface area contributed by atoms with Crippen LogP contribution in [0.5, 0.6) is 0 Å². The number of nitrogens with zero attached hydrogens (tertiary/aromatic N) is 2. The first kappa shape index (κ1) is 11.6. The van der Waals surface area contributed by atoms with Gasteiger partial charge in [-0.1, -0.05) is 25.7 Å². The van der Waals surface area contributed by atoms with Gasteiger partial charge in [-0.05, 0) is 31.4 Å². The molecule has 0 spiro atoms. The van der Waals surface area contributed by atoms with Crippen LogP contribution in [0.1, 0.15) is 74.2 Å². The molecule has 0 aromatic carbocycles. The lowest BCUT2D eigenvalue weighted by atomic mass is 9.89. The Labute approximate surface area is 107 Å². The van der Waals surface area contributed by atoms with Gasteiger partial charge in [0, 0.05) is 5.92 Å². The van der Waals surface area contributed by atoms with Gasteiger partial charge in [-0.15, -0.1) is 0 Å². The summed E-state index contributed by atoms with van der Waals surface area (Å²) in [5, 5.41) is 8.23. The minimum absolute atomic E-state index is 0.577. The Morgan fingerprint density at radius 2 is 1.82 bits per heavy atom. The maximum atomic E-state index is 4.77. The predicted molar refractivity (Wildman–Crippen MR) is 71.3 cm³/mol. The average molecular weight is 251 g/mol. The number of hydrogen-bond donors (Lipinski definition) is 1. The molecule has 2 fully saturated rings. The smallest absolute Gasteiger partial charge is 0.153 e. The van der Waals surface area contributed by atoms with Gasteiger partial charge in [-0.2, -0.15) is 16.9 Å². The molecule has 1 unspecified atom stereocenters. The molecule has 4 heteroatoms. The molecule has 2 aliphatic rings. The second-order valence-electron chi connectivity index (χ2n) is 5.27. The summed E-state index contributed by atoms with van der Waals surface area (Å²) in [6.45, 7) is 0. The molecule has 1 atom stereocenters. The summed E-state index contributed by atoms with van der Waals surface area (Å²) in [6.07, 6.45) is 10.7. The molecule has 0 bridgehead atoms. The normalized spacial score (nSPS) is 27.2. The standard InChI is InChI=1S/C13H21N3S/c1-2-6-10(7-3-1)12-14-13(16-15-12)11-8-4-5-9-17-11/h10-11H,1-9H2,(H,14,15,16). The fourth-order valence-corrected chi connectivity index (χ4v) is 4.18. The Hall–Kier alpha value is -0.510. The highest BCUT2D eigenvalue weighted by Gasteiger charge is 2.23. The summed E-state index contributed by atoms with van der Waals surface area (Å²) in [7, 11) is 0. The molecular formula is C13H21N3S. The van der Waals surface area contributed by atoms with Crippen LogP contribution in [0.15, 0.2) is 0 Å². The summed E-state index contributed by atoms with van der Waals surface area (Å²) in [4.78, 5) is 4.77. The minimum Gasteiger partial charge on any atom is -0.262 e. The van der Waals surface area contributed by atoms with Crippen molar-refractivity contribution in [1.82, 2.24) is 15.2 Å². The zero-order valence-corrected chi connectivity index (χ0v) is 11.1. The highest BCUT2D eigenvalue weighted by atomic mass is 32.2. The predicted octanol–water partition coefficient (Wildman–Crippen LogP) is 3.81. The summed E-state index contributed by atoms with van der Waals surface area (Å²) in [5.74, 6) is 4.13. The van der Waals surface area contributed by atoms with E-state index in [1.807, 2.05) is 11.8 Å². The molecule has 1 aliphatic carbocycles. The molecular weight excluding hydrogens is 230 g/mol. The lowest BCUT2D eigenvalue weighted by Gasteiger charge is -2.19. The first-order chi connectivity index (χ1) is 8.43. The summed E-state index contributed by atoms with van der Waals surface area (Å²) < 4.78 is 0. The Morgan fingerprint density at radius 1 is 1.00 bits per heavy atom. The molecule has 1 aromatic heterocycles. The van der Waals surface area contributed by atoms with E-state index in [1.54, 1.807) is 0 Å². The van der Waals surface area contributed by atoms with E-state index in [4.69, 9.17) is 4.98 Å². The molecule has 0 amide bonds. The summed E-state index contributed by atoms with van der Waals surface area (Å²) in [6, 6.07) is 0. The highest BCUT2D eigenvalue weighted by molar-refractivity contribution is 7.99. The van der Waals surface area contributed by atoms with Crippen LogP contribution >= 0.6 is 11.8 Å². The Morgan fingerprint density at radius 3 is 2.59 bits per heavy atom. The van der Waals surface area contributed by atoms with Crippen molar-refractivity contribution >= 4 is 11.8 Å². The SMILES string of the molecule is C1CCC(c2n[nH]c(C3CCCCS3)n2)CC1. The molecule has 0 radical (unpaired) electrons. The van der Waals surface area contributed by atoms with Crippen LogP contribution in [0.4, 0.5) is 0 Å². The number of hydrogen-bond acceptors (Lipinski definition) is 3. The third-order valence-electron chi connectivity index (χ3n) is 3.97. The van der Waals surface area contributed by atoms with Crippen LogP contribution in [0.3, 0.4) is 0 Å². The van der Waals surface area contributed by atoms with Gasteiger partial charge in [-0.25, -0.2) is 4.98 Å². The molecule has 1 saturated carbocycles. The average Bonchev–Trinajstić information content (AvgIpc) is 2.90. The number of rotatable bonds is 2.